The van der Waals surface area contributed by atoms with E-state index in [9.17, 15) is 8.42 Å². The molecule has 6 nitrogen and oxygen atoms in total. The van der Waals surface area contributed by atoms with E-state index >= 15 is 0 Å². The van der Waals surface area contributed by atoms with Gasteiger partial charge in [-0.3, -0.25) is 5.10 Å². The normalized spacial score (nSPS) is 12.3. The van der Waals surface area contributed by atoms with Crippen molar-refractivity contribution in [2.45, 2.75) is 20.3 Å². The molecule has 1 aromatic rings. The van der Waals surface area contributed by atoms with Crippen LogP contribution in [0.2, 0.25) is 0 Å². The zero-order valence-corrected chi connectivity index (χ0v) is 10.8. The Hall–Kier alpha value is -0.920. The van der Waals surface area contributed by atoms with Gasteiger partial charge in [0.25, 0.3) is 10.2 Å². The Morgan fingerprint density at radius 1 is 1.38 bits per heavy atom. The first kappa shape index (κ1) is 13.1. The molecule has 0 spiro atoms. The van der Waals surface area contributed by atoms with Crippen molar-refractivity contribution >= 4 is 10.2 Å². The summed E-state index contributed by atoms with van der Waals surface area (Å²) < 4.78 is 26.5. The fraction of sp³-hybridized carbons (Fsp3) is 0.667. The SMILES string of the molecule is Cc1n[nH]c(C)c1CCNS(=O)(=O)N(C)C. The van der Waals surface area contributed by atoms with E-state index in [0.29, 0.717) is 13.0 Å². The van der Waals surface area contributed by atoms with Gasteiger partial charge < -0.3 is 0 Å². The van der Waals surface area contributed by atoms with E-state index in [-0.39, 0.29) is 0 Å². The minimum absolute atomic E-state index is 0.377. The van der Waals surface area contributed by atoms with Crippen LogP contribution in [-0.4, -0.2) is 43.6 Å². The van der Waals surface area contributed by atoms with Crippen LogP contribution in [0.4, 0.5) is 0 Å². The lowest BCUT2D eigenvalue weighted by Gasteiger charge is -2.12. The molecule has 0 saturated carbocycles. The molecule has 0 fully saturated rings. The highest BCUT2D eigenvalue weighted by molar-refractivity contribution is 7.87. The number of aryl methyl sites for hydroxylation is 2. The summed E-state index contributed by atoms with van der Waals surface area (Å²) in [5.74, 6) is 0. The van der Waals surface area contributed by atoms with Crippen molar-refractivity contribution in [3.8, 4) is 0 Å². The molecule has 92 valence electrons. The number of hydrogen-bond donors (Lipinski definition) is 2. The minimum atomic E-state index is -3.32. The zero-order chi connectivity index (χ0) is 12.3. The van der Waals surface area contributed by atoms with Crippen LogP contribution in [0.15, 0.2) is 0 Å². The standard InChI is InChI=1S/C9H18N4O2S/c1-7-9(8(2)12-11-7)5-6-10-16(14,15)13(3)4/h10H,5-6H2,1-4H3,(H,11,12). The average molecular weight is 246 g/mol. The Morgan fingerprint density at radius 3 is 2.44 bits per heavy atom. The molecule has 0 aromatic carbocycles. The Morgan fingerprint density at radius 2 is 2.00 bits per heavy atom. The molecule has 0 aliphatic carbocycles. The van der Waals surface area contributed by atoms with Gasteiger partial charge in [-0.25, -0.2) is 4.72 Å². The van der Waals surface area contributed by atoms with Crippen molar-refractivity contribution in [2.24, 2.45) is 0 Å². The average Bonchev–Trinajstić information content (AvgIpc) is 2.48. The molecule has 1 aromatic heterocycles. The number of aromatic amines is 1. The molecule has 0 amide bonds. The first-order chi connectivity index (χ1) is 7.34. The monoisotopic (exact) mass is 246 g/mol. The maximum absolute atomic E-state index is 11.4. The van der Waals surface area contributed by atoms with Gasteiger partial charge in [-0.2, -0.15) is 17.8 Å². The van der Waals surface area contributed by atoms with Crippen LogP contribution in [-0.2, 0) is 16.6 Å². The lowest BCUT2D eigenvalue weighted by Crippen LogP contribution is -2.36. The first-order valence-corrected chi connectivity index (χ1v) is 6.46. The molecule has 0 saturated heterocycles. The number of aromatic nitrogens is 2. The van der Waals surface area contributed by atoms with Crippen molar-refractivity contribution in [1.82, 2.24) is 19.2 Å². The smallest absolute Gasteiger partial charge is 0.278 e. The van der Waals surface area contributed by atoms with Crippen LogP contribution in [0.3, 0.4) is 0 Å². The first-order valence-electron chi connectivity index (χ1n) is 5.02. The summed E-state index contributed by atoms with van der Waals surface area (Å²) in [7, 11) is -0.331. The van der Waals surface area contributed by atoms with Gasteiger partial charge >= 0.3 is 0 Å². The number of nitrogens with zero attached hydrogens (tertiary/aromatic N) is 2. The molecule has 2 N–H and O–H groups in total. The van der Waals surface area contributed by atoms with Crippen LogP contribution in [0.5, 0.6) is 0 Å². The molecule has 0 atom stereocenters. The van der Waals surface area contributed by atoms with E-state index in [0.717, 1.165) is 21.3 Å². The van der Waals surface area contributed by atoms with Crippen LogP contribution in [0.1, 0.15) is 17.0 Å². The summed E-state index contributed by atoms with van der Waals surface area (Å²) in [6.45, 7) is 4.21. The van der Waals surface area contributed by atoms with Crippen LogP contribution < -0.4 is 4.72 Å². The van der Waals surface area contributed by atoms with Crippen LogP contribution in [0.25, 0.3) is 0 Å². The van der Waals surface area contributed by atoms with E-state index in [1.54, 1.807) is 0 Å². The summed E-state index contributed by atoms with van der Waals surface area (Å²) in [6.07, 6.45) is 0.640. The highest BCUT2D eigenvalue weighted by Gasteiger charge is 2.13. The zero-order valence-electron chi connectivity index (χ0n) is 10.0. The Labute approximate surface area is 96.2 Å². The van der Waals surface area contributed by atoms with Crippen molar-refractivity contribution in [1.29, 1.82) is 0 Å². The molecule has 0 bridgehead atoms. The molecule has 16 heavy (non-hydrogen) atoms. The van der Waals surface area contributed by atoms with Crippen molar-refractivity contribution in [3.63, 3.8) is 0 Å². The van der Waals surface area contributed by atoms with E-state index in [4.69, 9.17) is 0 Å². The largest absolute Gasteiger partial charge is 0.282 e. The van der Waals surface area contributed by atoms with Gasteiger partial charge in [0, 0.05) is 26.3 Å². The Balaban J connectivity index is 2.55. The van der Waals surface area contributed by atoms with Gasteiger partial charge in [0.05, 0.1) is 5.69 Å². The second-order valence-corrected chi connectivity index (χ2v) is 5.81. The molecular formula is C9H18N4O2S. The quantitative estimate of drug-likeness (QED) is 0.765. The molecule has 0 aliphatic heterocycles. The molecular weight excluding hydrogens is 228 g/mol. The van der Waals surface area contributed by atoms with Gasteiger partial charge in [0.1, 0.15) is 0 Å². The van der Waals surface area contributed by atoms with Crippen molar-refractivity contribution < 1.29 is 8.42 Å². The van der Waals surface area contributed by atoms with Gasteiger partial charge in [0.15, 0.2) is 0 Å². The van der Waals surface area contributed by atoms with E-state index < -0.39 is 10.2 Å². The molecule has 0 unspecified atom stereocenters. The predicted molar refractivity (Wildman–Crippen MR) is 62.4 cm³/mol. The number of nitrogens with one attached hydrogen (secondary N) is 2. The van der Waals surface area contributed by atoms with Crippen molar-refractivity contribution in [2.75, 3.05) is 20.6 Å². The third kappa shape index (κ3) is 3.03. The topological polar surface area (TPSA) is 78.1 Å². The maximum atomic E-state index is 11.4. The fourth-order valence-corrected chi connectivity index (χ4v) is 1.99. The van der Waals surface area contributed by atoms with Gasteiger partial charge in [0.2, 0.25) is 0 Å². The summed E-state index contributed by atoms with van der Waals surface area (Å²) in [6, 6.07) is 0. The van der Waals surface area contributed by atoms with E-state index in [1.807, 2.05) is 13.8 Å². The highest BCUT2D eigenvalue weighted by atomic mass is 32.2. The van der Waals surface area contributed by atoms with Gasteiger partial charge in [-0.1, -0.05) is 0 Å². The van der Waals surface area contributed by atoms with Crippen LogP contribution >= 0.6 is 0 Å². The number of hydrogen-bond acceptors (Lipinski definition) is 3. The lowest BCUT2D eigenvalue weighted by atomic mass is 10.1. The number of rotatable bonds is 5. The minimum Gasteiger partial charge on any atom is -0.282 e. The summed E-state index contributed by atoms with van der Waals surface area (Å²) >= 11 is 0. The third-order valence-electron chi connectivity index (χ3n) is 2.42. The third-order valence-corrected chi connectivity index (χ3v) is 3.95. The predicted octanol–water partition coefficient (Wildman–Crippen LogP) is -0.0350. The second-order valence-electron chi connectivity index (χ2n) is 3.84. The second kappa shape index (κ2) is 4.94. The Bertz CT molecular complexity index is 431. The Kier molecular flexibility index (Phi) is 4.06. The highest BCUT2D eigenvalue weighted by Crippen LogP contribution is 2.09. The molecule has 0 aliphatic rings. The molecule has 1 rings (SSSR count). The van der Waals surface area contributed by atoms with Crippen LogP contribution in [0, 0.1) is 13.8 Å². The lowest BCUT2D eigenvalue weighted by molar-refractivity contribution is 0.506. The molecule has 7 heteroatoms. The van der Waals surface area contributed by atoms with E-state index in [1.165, 1.54) is 14.1 Å². The summed E-state index contributed by atoms with van der Waals surface area (Å²) in [5, 5.41) is 6.92. The van der Waals surface area contributed by atoms with Gasteiger partial charge in [-0.05, 0) is 25.8 Å². The van der Waals surface area contributed by atoms with E-state index in [2.05, 4.69) is 14.9 Å². The maximum Gasteiger partial charge on any atom is 0.278 e. The molecule has 0 radical (unpaired) electrons. The van der Waals surface area contributed by atoms with Crippen molar-refractivity contribution in [3.05, 3.63) is 17.0 Å². The fourth-order valence-electron chi connectivity index (χ4n) is 1.38. The summed E-state index contributed by atoms with van der Waals surface area (Å²) in [5.41, 5.74) is 2.98. The van der Waals surface area contributed by atoms with Gasteiger partial charge in [-0.15, -0.1) is 0 Å². The molecule has 1 heterocycles. The summed E-state index contributed by atoms with van der Waals surface area (Å²) in [4.78, 5) is 0. The number of H-pyrrole nitrogens is 1.